The second-order valence-electron chi connectivity index (χ2n) is 12.7. The fraction of sp³-hybridized carbons (Fsp3) is 0.719. The van der Waals surface area contributed by atoms with Crippen LogP contribution in [0.25, 0.3) is 0 Å². The molecule has 6 heteroatoms. The van der Waals surface area contributed by atoms with Crippen LogP contribution in [0, 0.1) is 11.8 Å². The normalized spacial score (nSPS) is 31.8. The van der Waals surface area contributed by atoms with Gasteiger partial charge in [-0.25, -0.2) is 0 Å². The van der Waals surface area contributed by atoms with Gasteiger partial charge in [0.1, 0.15) is 11.9 Å². The van der Waals surface area contributed by atoms with Gasteiger partial charge in [-0.15, -0.1) is 6.58 Å². The molecule has 38 heavy (non-hydrogen) atoms. The molecule has 1 N–H and O–H groups in total. The minimum absolute atomic E-state index is 0.0360. The van der Waals surface area contributed by atoms with Crippen LogP contribution in [-0.2, 0) is 16.6 Å². The summed E-state index contributed by atoms with van der Waals surface area (Å²) in [6.07, 6.45) is 16.7. The molecule has 208 valence electrons. The number of likely N-dealkylation sites (tertiary alicyclic amines) is 1. The predicted octanol–water partition coefficient (Wildman–Crippen LogP) is 5.59. The van der Waals surface area contributed by atoms with Gasteiger partial charge in [-0.2, -0.15) is 0 Å². The number of rotatable bonds is 9. The van der Waals surface area contributed by atoms with Crippen molar-refractivity contribution in [3.8, 4) is 17.2 Å². The number of amides is 1. The molecule has 3 aliphatic carbocycles. The van der Waals surface area contributed by atoms with Gasteiger partial charge >= 0.3 is 0 Å². The van der Waals surface area contributed by atoms with Crippen molar-refractivity contribution in [2.45, 2.75) is 107 Å². The van der Waals surface area contributed by atoms with Crippen LogP contribution < -0.4 is 9.47 Å². The number of hydrogen-bond acceptors (Lipinski definition) is 5. The average molecular weight is 523 g/mol. The third kappa shape index (κ3) is 4.04. The van der Waals surface area contributed by atoms with Crippen molar-refractivity contribution in [3.63, 3.8) is 0 Å². The summed E-state index contributed by atoms with van der Waals surface area (Å²) in [4.78, 5) is 18.1. The molecule has 1 aromatic carbocycles. The number of hydrogen-bond donors (Lipinski definition) is 1. The molecular formula is C32H46N2O4. The molecule has 6 rings (SSSR count). The molecule has 3 fully saturated rings. The first kappa shape index (κ1) is 26.0. The van der Waals surface area contributed by atoms with Crippen molar-refractivity contribution in [2.75, 3.05) is 27.2 Å². The maximum absolute atomic E-state index is 13.5. The van der Waals surface area contributed by atoms with Crippen LogP contribution in [0.1, 0.15) is 88.2 Å². The van der Waals surface area contributed by atoms with E-state index in [4.69, 9.17) is 9.47 Å². The molecular weight excluding hydrogens is 476 g/mol. The van der Waals surface area contributed by atoms with E-state index in [0.29, 0.717) is 29.9 Å². The third-order valence-electron chi connectivity index (χ3n) is 10.9. The molecule has 5 atom stereocenters. The number of nitrogens with zero attached hydrogens (tertiary/aromatic N) is 2. The number of unbranched alkanes of at least 4 members (excludes halogenated alkanes) is 1. The highest BCUT2D eigenvalue weighted by molar-refractivity contribution is 5.76. The smallest absolute Gasteiger partial charge is 0.222 e. The maximum Gasteiger partial charge on any atom is 0.222 e. The van der Waals surface area contributed by atoms with E-state index in [0.717, 1.165) is 68.8 Å². The number of carbonyl (C=O) groups excluding carboxylic acids is 1. The highest BCUT2D eigenvalue weighted by atomic mass is 16.5. The lowest BCUT2D eigenvalue weighted by molar-refractivity contribution is -0.140. The molecule has 2 saturated carbocycles. The van der Waals surface area contributed by atoms with Crippen molar-refractivity contribution in [1.29, 1.82) is 0 Å². The highest BCUT2D eigenvalue weighted by Crippen LogP contribution is 2.65. The Kier molecular flexibility index (Phi) is 7.13. The van der Waals surface area contributed by atoms with E-state index in [9.17, 15) is 9.90 Å². The minimum Gasteiger partial charge on any atom is -0.508 e. The summed E-state index contributed by atoms with van der Waals surface area (Å²) >= 11 is 0. The molecule has 1 amide bonds. The Morgan fingerprint density at radius 1 is 1.26 bits per heavy atom. The van der Waals surface area contributed by atoms with Crippen LogP contribution in [0.15, 0.2) is 18.7 Å². The van der Waals surface area contributed by atoms with E-state index in [1.54, 1.807) is 13.2 Å². The Balaban J connectivity index is 1.24. The number of methoxy groups -OCH3 is 1. The number of piperidine rings is 1. The molecule has 1 saturated heterocycles. The number of aromatic hydroxyl groups is 1. The molecule has 1 spiro atoms. The van der Waals surface area contributed by atoms with Gasteiger partial charge in [-0.1, -0.05) is 51.0 Å². The summed E-state index contributed by atoms with van der Waals surface area (Å²) in [6.45, 7) is 5.86. The van der Waals surface area contributed by atoms with Gasteiger partial charge in [0.15, 0.2) is 11.5 Å². The quantitative estimate of drug-likeness (QED) is 0.338. The molecule has 2 aliphatic heterocycles. The van der Waals surface area contributed by atoms with Crippen LogP contribution in [0.4, 0.5) is 0 Å². The summed E-state index contributed by atoms with van der Waals surface area (Å²) < 4.78 is 12.6. The first-order valence-corrected chi connectivity index (χ1v) is 15.2. The lowest BCUT2D eigenvalue weighted by Crippen LogP contribution is -2.68. The number of benzene rings is 1. The molecule has 2 bridgehead atoms. The maximum atomic E-state index is 13.5. The number of phenols is 1. The van der Waals surface area contributed by atoms with Crippen molar-refractivity contribution >= 4 is 5.91 Å². The van der Waals surface area contributed by atoms with Crippen LogP contribution in [0.3, 0.4) is 0 Å². The van der Waals surface area contributed by atoms with Gasteiger partial charge < -0.3 is 19.5 Å². The first-order chi connectivity index (χ1) is 18.5. The lowest BCUT2D eigenvalue weighted by Gasteiger charge is -2.60. The number of likely N-dealkylation sites (N-methyl/N-ethyl adjacent to an activating group) is 1. The largest absolute Gasteiger partial charge is 0.508 e. The summed E-state index contributed by atoms with van der Waals surface area (Å²) in [5.74, 6) is 3.31. The van der Waals surface area contributed by atoms with Gasteiger partial charge in [-0.05, 0) is 50.5 Å². The molecule has 1 aromatic rings. The minimum atomic E-state index is -0.185. The van der Waals surface area contributed by atoms with E-state index >= 15 is 0 Å². The van der Waals surface area contributed by atoms with Gasteiger partial charge in [0.05, 0.1) is 13.2 Å². The van der Waals surface area contributed by atoms with E-state index in [2.05, 4.69) is 11.5 Å². The first-order valence-electron chi connectivity index (χ1n) is 15.2. The van der Waals surface area contributed by atoms with Crippen molar-refractivity contribution < 1.29 is 19.4 Å². The number of ether oxygens (including phenoxy) is 2. The fourth-order valence-corrected chi connectivity index (χ4v) is 9.14. The lowest BCUT2D eigenvalue weighted by atomic mass is 9.51. The van der Waals surface area contributed by atoms with Crippen molar-refractivity contribution in [3.05, 3.63) is 29.8 Å². The second-order valence-corrected chi connectivity index (χ2v) is 12.7. The van der Waals surface area contributed by atoms with Gasteiger partial charge in [0.25, 0.3) is 0 Å². The standard InChI is InChI=1S/C32H46N2O4/c1-4-17-34-18-16-32-23-14-15-24(33(2)28(36)13-9-8-12-21-10-6-5-7-11-21)31(32)38-30-27(37-3)20-26(35)22(29(30)32)19-25(23)34/h4,20-21,23-25,31,35H,1,5-19H2,2-3H3/t23-,24-,25+,31-,32-/m0/s1. The molecule has 0 radical (unpaired) electrons. The molecule has 0 unspecified atom stereocenters. The number of phenolic OH excluding ortho intramolecular Hbond substituents is 1. The zero-order valence-corrected chi connectivity index (χ0v) is 23.4. The summed E-state index contributed by atoms with van der Waals surface area (Å²) in [5.41, 5.74) is 2.02. The third-order valence-corrected chi connectivity index (χ3v) is 10.9. The zero-order chi connectivity index (χ0) is 26.4. The Morgan fingerprint density at radius 2 is 2.08 bits per heavy atom. The summed E-state index contributed by atoms with van der Waals surface area (Å²) in [5, 5.41) is 11.1. The van der Waals surface area contributed by atoms with Crippen LogP contribution in [0.5, 0.6) is 17.2 Å². The Morgan fingerprint density at radius 3 is 2.84 bits per heavy atom. The molecule has 2 heterocycles. The van der Waals surface area contributed by atoms with Crippen molar-refractivity contribution in [1.82, 2.24) is 9.80 Å². The summed E-state index contributed by atoms with van der Waals surface area (Å²) in [7, 11) is 3.65. The Hall–Kier alpha value is -2.21. The predicted molar refractivity (Wildman–Crippen MR) is 149 cm³/mol. The van der Waals surface area contributed by atoms with E-state index in [1.165, 1.54) is 44.1 Å². The van der Waals surface area contributed by atoms with Crippen LogP contribution >= 0.6 is 0 Å². The molecule has 0 aromatic heterocycles. The SMILES string of the molecule is C=CCN1CC[C@]23c4c5c(O)cc(OC)c4O[C@H]2[C@@H](N(C)C(=O)CCCCC2CCCCC2)CC[C@H]3[C@H]1C5. The van der Waals surface area contributed by atoms with Gasteiger partial charge in [0.2, 0.25) is 5.91 Å². The number of carbonyl (C=O) groups is 1. The van der Waals surface area contributed by atoms with Crippen molar-refractivity contribution in [2.24, 2.45) is 11.8 Å². The molecule has 5 aliphatic rings. The molecule has 6 nitrogen and oxygen atoms in total. The Labute approximate surface area is 228 Å². The van der Waals surface area contributed by atoms with E-state index in [-0.39, 0.29) is 23.5 Å². The van der Waals surface area contributed by atoms with E-state index < -0.39 is 0 Å². The fourth-order valence-electron chi connectivity index (χ4n) is 9.14. The second kappa shape index (κ2) is 10.4. The van der Waals surface area contributed by atoms with E-state index in [1.807, 2.05) is 18.0 Å². The van der Waals surface area contributed by atoms with Gasteiger partial charge in [-0.3, -0.25) is 9.69 Å². The van der Waals surface area contributed by atoms with Crippen LogP contribution in [0.2, 0.25) is 0 Å². The summed E-state index contributed by atoms with van der Waals surface area (Å²) in [6, 6.07) is 2.12. The van der Waals surface area contributed by atoms with Crippen LogP contribution in [-0.4, -0.2) is 66.2 Å². The highest BCUT2D eigenvalue weighted by Gasteiger charge is 2.66. The zero-order valence-electron chi connectivity index (χ0n) is 23.4. The Bertz CT molecular complexity index is 1070. The average Bonchev–Trinajstić information content (AvgIpc) is 3.28. The topological polar surface area (TPSA) is 62.2 Å². The van der Waals surface area contributed by atoms with Gasteiger partial charge in [0, 0.05) is 48.7 Å². The monoisotopic (exact) mass is 522 g/mol.